The summed E-state index contributed by atoms with van der Waals surface area (Å²) in [5, 5.41) is 0. The molecule has 1 heterocycles. The highest BCUT2D eigenvalue weighted by molar-refractivity contribution is 5.95. The summed E-state index contributed by atoms with van der Waals surface area (Å²) in [6.07, 6.45) is 0.133. The predicted octanol–water partition coefficient (Wildman–Crippen LogP) is 2.63. The van der Waals surface area contributed by atoms with Gasteiger partial charge in [-0.3, -0.25) is 4.79 Å². The first-order valence-electron chi connectivity index (χ1n) is 7.10. The maximum Gasteiger partial charge on any atom is 0.410 e. The van der Waals surface area contributed by atoms with Gasteiger partial charge in [0.1, 0.15) is 11.2 Å². The molecular formula is C15H27NO4. The number of likely N-dealkylation sites (N-methyl/N-ethyl adjacent to an activating group) is 1. The van der Waals surface area contributed by atoms with E-state index in [1.165, 1.54) is 4.90 Å². The zero-order valence-corrected chi connectivity index (χ0v) is 13.6. The normalized spacial score (nSPS) is 23.4. The second-order valence-corrected chi connectivity index (χ2v) is 7.12. The Bertz CT molecular complexity index is 380. The molecule has 1 aliphatic rings. The Morgan fingerprint density at radius 1 is 1.35 bits per heavy atom. The molecule has 0 N–H and O–H groups in total. The summed E-state index contributed by atoms with van der Waals surface area (Å²) >= 11 is 0. The van der Waals surface area contributed by atoms with E-state index < -0.39 is 23.3 Å². The first kappa shape index (κ1) is 17.0. The van der Waals surface area contributed by atoms with Gasteiger partial charge >= 0.3 is 6.09 Å². The van der Waals surface area contributed by atoms with E-state index in [-0.39, 0.29) is 5.78 Å². The van der Waals surface area contributed by atoms with E-state index in [1.807, 2.05) is 34.6 Å². The fraction of sp³-hybridized carbons (Fsp3) is 0.867. The molecule has 5 heteroatoms. The topological polar surface area (TPSA) is 59.1 Å². The van der Waals surface area contributed by atoms with Crippen molar-refractivity contribution in [2.45, 2.75) is 65.2 Å². The van der Waals surface area contributed by atoms with Gasteiger partial charge in [0.15, 0.2) is 5.78 Å². The monoisotopic (exact) mass is 285 g/mol. The number of carbonyl (C=O) groups excluding carboxylic acids is 2. The molecule has 0 aromatic rings. The van der Waals surface area contributed by atoms with Crippen LogP contribution in [0.2, 0.25) is 0 Å². The molecule has 20 heavy (non-hydrogen) atoms. The standard InChI is InChI=1S/C15H27NO4/c1-10(2)8-11(12(17)15(6)9-19-15)16(7)13(18)20-14(3,4)5/h10-11H,8-9H2,1-7H3/t11-,15+/m0/s1. The van der Waals surface area contributed by atoms with Gasteiger partial charge in [0.05, 0.1) is 12.6 Å². The van der Waals surface area contributed by atoms with Crippen LogP contribution in [0.3, 0.4) is 0 Å². The maximum atomic E-state index is 12.5. The first-order chi connectivity index (χ1) is 8.96. The second-order valence-electron chi connectivity index (χ2n) is 7.12. The minimum Gasteiger partial charge on any atom is -0.444 e. The molecule has 0 bridgehead atoms. The number of nitrogens with zero attached hydrogens (tertiary/aromatic N) is 1. The van der Waals surface area contributed by atoms with Crippen LogP contribution in [-0.2, 0) is 14.3 Å². The number of hydrogen-bond donors (Lipinski definition) is 0. The number of epoxide rings is 1. The molecule has 1 rings (SSSR count). The van der Waals surface area contributed by atoms with Crippen LogP contribution < -0.4 is 0 Å². The lowest BCUT2D eigenvalue weighted by Crippen LogP contribution is -2.49. The zero-order valence-electron chi connectivity index (χ0n) is 13.6. The molecule has 0 unspecified atom stereocenters. The number of hydrogen-bond acceptors (Lipinski definition) is 4. The van der Waals surface area contributed by atoms with Gasteiger partial charge in [-0.15, -0.1) is 0 Å². The summed E-state index contributed by atoms with van der Waals surface area (Å²) in [6.45, 7) is 11.7. The summed E-state index contributed by atoms with van der Waals surface area (Å²) in [5.74, 6) is 0.260. The number of carbonyl (C=O) groups is 2. The number of Topliss-reactive ketones (excluding diaryl/α,β-unsaturated/α-hetero) is 1. The lowest BCUT2D eigenvalue weighted by molar-refractivity contribution is -0.129. The largest absolute Gasteiger partial charge is 0.444 e. The van der Waals surface area contributed by atoms with E-state index >= 15 is 0 Å². The van der Waals surface area contributed by atoms with E-state index in [2.05, 4.69) is 0 Å². The Labute approximate surface area is 121 Å². The molecule has 1 aliphatic heterocycles. The number of amides is 1. The fourth-order valence-electron chi connectivity index (χ4n) is 1.95. The van der Waals surface area contributed by atoms with E-state index in [0.29, 0.717) is 18.9 Å². The highest BCUT2D eigenvalue weighted by Crippen LogP contribution is 2.31. The average molecular weight is 285 g/mol. The minimum absolute atomic E-state index is 0.0421. The third-order valence-corrected chi connectivity index (χ3v) is 3.24. The quantitative estimate of drug-likeness (QED) is 0.729. The third-order valence-electron chi connectivity index (χ3n) is 3.24. The van der Waals surface area contributed by atoms with E-state index in [0.717, 1.165) is 0 Å². The van der Waals surface area contributed by atoms with Crippen LogP contribution in [-0.4, -0.2) is 47.7 Å². The smallest absolute Gasteiger partial charge is 0.410 e. The van der Waals surface area contributed by atoms with Crippen molar-refractivity contribution < 1.29 is 19.1 Å². The number of ketones is 1. The third kappa shape index (κ3) is 4.47. The van der Waals surface area contributed by atoms with Gasteiger partial charge in [-0.05, 0) is 40.0 Å². The van der Waals surface area contributed by atoms with Crippen molar-refractivity contribution in [3.05, 3.63) is 0 Å². The highest BCUT2D eigenvalue weighted by Gasteiger charge is 2.51. The molecule has 0 aromatic heterocycles. The van der Waals surface area contributed by atoms with E-state index in [9.17, 15) is 9.59 Å². The highest BCUT2D eigenvalue weighted by atomic mass is 16.6. The molecule has 2 atom stereocenters. The molecule has 1 amide bonds. The Balaban J connectivity index is 2.82. The molecule has 5 nitrogen and oxygen atoms in total. The van der Waals surface area contributed by atoms with E-state index in [4.69, 9.17) is 9.47 Å². The van der Waals surface area contributed by atoms with Crippen LogP contribution in [0.25, 0.3) is 0 Å². The van der Waals surface area contributed by atoms with Crippen LogP contribution in [0.4, 0.5) is 4.79 Å². The van der Waals surface area contributed by atoms with Crippen LogP contribution in [0.1, 0.15) is 48.0 Å². The molecule has 0 aliphatic carbocycles. The molecule has 0 radical (unpaired) electrons. The lowest BCUT2D eigenvalue weighted by atomic mass is 9.93. The number of ether oxygens (including phenoxy) is 2. The van der Waals surface area contributed by atoms with Gasteiger partial charge in [-0.2, -0.15) is 0 Å². The summed E-state index contributed by atoms with van der Waals surface area (Å²) in [5.41, 5.74) is -1.30. The lowest BCUT2D eigenvalue weighted by Gasteiger charge is -2.31. The summed E-state index contributed by atoms with van der Waals surface area (Å²) in [7, 11) is 1.62. The zero-order chi connectivity index (χ0) is 15.7. The van der Waals surface area contributed by atoms with Crippen LogP contribution in [0, 0.1) is 5.92 Å². The second kappa shape index (κ2) is 5.72. The molecule has 0 saturated carbocycles. The summed E-state index contributed by atoms with van der Waals surface area (Å²) in [6, 6.07) is -0.502. The number of rotatable bonds is 5. The Morgan fingerprint density at radius 2 is 1.85 bits per heavy atom. The first-order valence-corrected chi connectivity index (χ1v) is 7.10. The van der Waals surface area contributed by atoms with Gasteiger partial charge < -0.3 is 14.4 Å². The van der Waals surface area contributed by atoms with Crippen molar-refractivity contribution >= 4 is 11.9 Å². The Hall–Kier alpha value is -1.10. The van der Waals surface area contributed by atoms with Crippen molar-refractivity contribution in [1.82, 2.24) is 4.90 Å². The molecule has 1 saturated heterocycles. The molecular weight excluding hydrogens is 258 g/mol. The average Bonchev–Trinajstić information content (AvgIpc) is 3.01. The van der Waals surface area contributed by atoms with Crippen molar-refractivity contribution in [3.8, 4) is 0 Å². The van der Waals surface area contributed by atoms with Crippen molar-refractivity contribution in [1.29, 1.82) is 0 Å². The molecule has 116 valence electrons. The Morgan fingerprint density at radius 3 is 2.20 bits per heavy atom. The predicted molar refractivity (Wildman–Crippen MR) is 76.6 cm³/mol. The van der Waals surface area contributed by atoms with Gasteiger partial charge in [0.2, 0.25) is 0 Å². The van der Waals surface area contributed by atoms with Crippen molar-refractivity contribution in [2.24, 2.45) is 5.92 Å². The van der Waals surface area contributed by atoms with Crippen molar-refractivity contribution in [3.63, 3.8) is 0 Å². The summed E-state index contributed by atoms with van der Waals surface area (Å²) < 4.78 is 10.6. The minimum atomic E-state index is -0.726. The SMILES string of the molecule is CC(C)C[C@@H](C(=O)[C@@]1(C)CO1)N(C)C(=O)OC(C)(C)C. The van der Waals surface area contributed by atoms with E-state index in [1.54, 1.807) is 14.0 Å². The molecule has 1 fully saturated rings. The van der Waals surface area contributed by atoms with Crippen LogP contribution >= 0.6 is 0 Å². The van der Waals surface area contributed by atoms with Crippen LogP contribution in [0.5, 0.6) is 0 Å². The molecule has 0 spiro atoms. The Kier molecular flexibility index (Phi) is 4.85. The van der Waals surface area contributed by atoms with Gasteiger partial charge in [0.25, 0.3) is 0 Å². The molecule has 0 aromatic carbocycles. The maximum absolute atomic E-state index is 12.5. The van der Waals surface area contributed by atoms with Gasteiger partial charge in [0, 0.05) is 7.05 Å². The van der Waals surface area contributed by atoms with Gasteiger partial charge in [-0.25, -0.2) is 4.79 Å². The van der Waals surface area contributed by atoms with Crippen molar-refractivity contribution in [2.75, 3.05) is 13.7 Å². The van der Waals surface area contributed by atoms with Crippen LogP contribution in [0.15, 0.2) is 0 Å². The summed E-state index contributed by atoms with van der Waals surface area (Å²) in [4.78, 5) is 26.0. The fourth-order valence-corrected chi connectivity index (χ4v) is 1.95. The van der Waals surface area contributed by atoms with Gasteiger partial charge in [-0.1, -0.05) is 13.8 Å².